The Kier molecular flexibility index (Phi) is 3.88. The highest BCUT2D eigenvalue weighted by atomic mass is 35.5. The molecule has 0 saturated carbocycles. The monoisotopic (exact) mass is 246 g/mol. The number of hydrogen-bond donors (Lipinski definition) is 0. The van der Waals surface area contributed by atoms with Crippen LogP contribution in [-0.4, -0.2) is 24.7 Å². The Bertz CT molecular complexity index is 439. The maximum Gasteiger partial charge on any atom is 0.197 e. The van der Waals surface area contributed by atoms with E-state index < -0.39 is 20.3 Å². The fourth-order valence-electron chi connectivity index (χ4n) is 1.04. The highest BCUT2D eigenvalue weighted by Crippen LogP contribution is 2.14. The molecule has 1 aromatic carbocycles. The lowest BCUT2D eigenvalue weighted by Gasteiger charge is -2.07. The molecular formula is C10H11ClO3S. The second-order valence-electron chi connectivity index (χ2n) is 3.00. The van der Waals surface area contributed by atoms with Gasteiger partial charge >= 0.3 is 0 Å². The molecule has 0 radical (unpaired) electrons. The quantitative estimate of drug-likeness (QED) is 0.602. The van der Waals surface area contributed by atoms with Crippen molar-refractivity contribution >= 4 is 27.2 Å². The summed E-state index contributed by atoms with van der Waals surface area (Å²) in [7, 11) is -3.53. The van der Waals surface area contributed by atoms with Crippen LogP contribution < -0.4 is 0 Å². The fraction of sp³-hybridized carbons (Fsp3) is 0.300. The molecule has 5 heteroatoms. The Morgan fingerprint density at radius 1 is 1.33 bits per heavy atom. The summed E-state index contributed by atoms with van der Waals surface area (Å²) < 4.78 is 21.2. The van der Waals surface area contributed by atoms with E-state index in [0.29, 0.717) is 5.56 Å². The van der Waals surface area contributed by atoms with Gasteiger partial charge in [-0.3, -0.25) is 4.79 Å². The molecule has 0 bridgehead atoms. The second kappa shape index (κ2) is 4.77. The minimum Gasteiger partial charge on any atom is -0.291 e. The molecule has 0 aromatic heterocycles. The summed E-state index contributed by atoms with van der Waals surface area (Å²) in [5, 5.41) is 0. The first-order chi connectivity index (χ1) is 6.99. The Morgan fingerprint density at radius 2 is 1.87 bits per heavy atom. The predicted octanol–water partition coefficient (Wildman–Crippen LogP) is 1.87. The van der Waals surface area contributed by atoms with E-state index in [0.717, 1.165) is 0 Å². The van der Waals surface area contributed by atoms with Crippen molar-refractivity contribution in [2.24, 2.45) is 0 Å². The van der Waals surface area contributed by atoms with E-state index in [1.54, 1.807) is 30.3 Å². The lowest BCUT2D eigenvalue weighted by Crippen LogP contribution is -2.26. The molecule has 0 saturated heterocycles. The number of carbonyl (C=O) groups is 1. The number of rotatable bonds is 4. The minimum atomic E-state index is -3.53. The van der Waals surface area contributed by atoms with Crippen LogP contribution >= 0.6 is 11.6 Å². The molecule has 1 atom stereocenters. The van der Waals surface area contributed by atoms with E-state index in [-0.39, 0.29) is 5.75 Å². The van der Waals surface area contributed by atoms with Gasteiger partial charge < -0.3 is 0 Å². The molecule has 0 aliphatic rings. The van der Waals surface area contributed by atoms with Gasteiger partial charge in [0.05, 0.1) is 0 Å². The first-order valence-corrected chi connectivity index (χ1v) is 6.59. The topological polar surface area (TPSA) is 51.2 Å². The molecule has 0 N–H and O–H groups in total. The van der Waals surface area contributed by atoms with E-state index in [9.17, 15) is 13.2 Å². The second-order valence-corrected chi connectivity index (χ2v) is 6.07. The molecule has 0 fully saturated rings. The number of Topliss-reactive ketones (excluding diaryl/α,β-unsaturated/α-hetero) is 1. The Balaban J connectivity index is 2.97. The Labute approximate surface area is 94.0 Å². The first-order valence-electron chi connectivity index (χ1n) is 4.44. The van der Waals surface area contributed by atoms with Crippen LogP contribution in [0.1, 0.15) is 17.3 Å². The summed E-state index contributed by atoms with van der Waals surface area (Å²) in [5.74, 6) is -0.709. The molecule has 0 unspecified atom stereocenters. The van der Waals surface area contributed by atoms with Gasteiger partial charge in [0.15, 0.2) is 20.3 Å². The van der Waals surface area contributed by atoms with Crippen LogP contribution in [0, 0.1) is 0 Å². The number of halogens is 1. The summed E-state index contributed by atoms with van der Waals surface area (Å²) >= 11 is 5.62. The predicted molar refractivity (Wildman–Crippen MR) is 59.9 cm³/mol. The third-order valence-corrected chi connectivity index (χ3v) is 4.64. The highest BCUT2D eigenvalue weighted by molar-refractivity contribution is 7.94. The number of carbonyl (C=O) groups excluding carboxylic acids is 1. The smallest absolute Gasteiger partial charge is 0.197 e. The van der Waals surface area contributed by atoms with Crippen LogP contribution in [0.5, 0.6) is 0 Å². The third-order valence-electron chi connectivity index (χ3n) is 1.98. The molecule has 0 amide bonds. The average molecular weight is 247 g/mol. The van der Waals surface area contributed by atoms with Gasteiger partial charge in [0.25, 0.3) is 0 Å². The lowest BCUT2D eigenvalue weighted by molar-refractivity contribution is 0.101. The molecule has 0 heterocycles. The standard InChI is InChI=1S/C10H11ClO3S/c1-2-15(13,14)10(11)9(12)8-6-4-3-5-7-8/h3-7,10H,2H2,1H3/t10-/m1/s1. The van der Waals surface area contributed by atoms with Crippen molar-refractivity contribution in [3.05, 3.63) is 35.9 Å². The van der Waals surface area contributed by atoms with Crippen molar-refractivity contribution in [2.75, 3.05) is 5.75 Å². The number of benzene rings is 1. The van der Waals surface area contributed by atoms with E-state index >= 15 is 0 Å². The maximum atomic E-state index is 11.6. The van der Waals surface area contributed by atoms with Crippen molar-refractivity contribution < 1.29 is 13.2 Å². The van der Waals surface area contributed by atoms with E-state index in [1.165, 1.54) is 6.92 Å². The molecule has 3 nitrogen and oxygen atoms in total. The van der Waals surface area contributed by atoms with Crippen molar-refractivity contribution in [2.45, 2.75) is 11.6 Å². The zero-order chi connectivity index (χ0) is 11.5. The first kappa shape index (κ1) is 12.2. The van der Waals surface area contributed by atoms with E-state index in [1.807, 2.05) is 0 Å². The van der Waals surface area contributed by atoms with Crippen molar-refractivity contribution in [3.8, 4) is 0 Å². The molecule has 1 rings (SSSR count). The van der Waals surface area contributed by atoms with Crippen LogP contribution in [0.2, 0.25) is 0 Å². The number of alkyl halides is 1. The normalized spacial score (nSPS) is 13.5. The van der Waals surface area contributed by atoms with Crippen molar-refractivity contribution in [1.82, 2.24) is 0 Å². The summed E-state index contributed by atoms with van der Waals surface area (Å²) in [4.78, 5) is 11.6. The van der Waals surface area contributed by atoms with Crippen LogP contribution in [0.4, 0.5) is 0 Å². The van der Waals surface area contributed by atoms with Gasteiger partial charge in [0.1, 0.15) is 0 Å². The van der Waals surface area contributed by atoms with Crippen LogP contribution in [0.3, 0.4) is 0 Å². The molecule has 82 valence electrons. The van der Waals surface area contributed by atoms with Gasteiger partial charge in [-0.25, -0.2) is 8.42 Å². The molecular weight excluding hydrogens is 236 g/mol. The molecule has 1 aromatic rings. The minimum absolute atomic E-state index is 0.139. The largest absolute Gasteiger partial charge is 0.291 e. The van der Waals surface area contributed by atoms with Gasteiger partial charge in [0, 0.05) is 11.3 Å². The summed E-state index contributed by atoms with van der Waals surface area (Å²) in [5.41, 5.74) is 0.314. The van der Waals surface area contributed by atoms with Gasteiger partial charge in [-0.2, -0.15) is 0 Å². The zero-order valence-electron chi connectivity index (χ0n) is 8.18. The molecule has 0 aliphatic carbocycles. The summed E-state index contributed by atoms with van der Waals surface area (Å²) in [6.07, 6.45) is 0. The Morgan fingerprint density at radius 3 is 2.33 bits per heavy atom. The SMILES string of the molecule is CCS(=O)(=O)[C@@H](Cl)C(=O)c1ccccc1. The van der Waals surface area contributed by atoms with Crippen molar-refractivity contribution in [3.63, 3.8) is 0 Å². The molecule has 15 heavy (non-hydrogen) atoms. The fourth-order valence-corrected chi connectivity index (χ4v) is 2.30. The highest BCUT2D eigenvalue weighted by Gasteiger charge is 2.29. The zero-order valence-corrected chi connectivity index (χ0v) is 9.75. The van der Waals surface area contributed by atoms with Crippen LogP contribution in [0.25, 0.3) is 0 Å². The number of ketones is 1. The molecule has 0 aliphatic heterocycles. The number of hydrogen-bond acceptors (Lipinski definition) is 3. The maximum absolute atomic E-state index is 11.6. The Hall–Kier alpha value is -0.870. The van der Waals surface area contributed by atoms with E-state index in [4.69, 9.17) is 11.6 Å². The van der Waals surface area contributed by atoms with Gasteiger partial charge in [-0.05, 0) is 0 Å². The summed E-state index contributed by atoms with van der Waals surface area (Å²) in [6, 6.07) is 8.16. The van der Waals surface area contributed by atoms with Crippen LogP contribution in [-0.2, 0) is 9.84 Å². The third kappa shape index (κ3) is 2.79. The molecule has 0 spiro atoms. The van der Waals surface area contributed by atoms with E-state index in [2.05, 4.69) is 0 Å². The van der Waals surface area contributed by atoms with Gasteiger partial charge in [-0.15, -0.1) is 0 Å². The van der Waals surface area contributed by atoms with Crippen LogP contribution in [0.15, 0.2) is 30.3 Å². The number of sulfone groups is 1. The van der Waals surface area contributed by atoms with Gasteiger partial charge in [-0.1, -0.05) is 48.9 Å². The average Bonchev–Trinajstić information content (AvgIpc) is 2.28. The summed E-state index contributed by atoms with van der Waals surface area (Å²) in [6.45, 7) is 1.46. The van der Waals surface area contributed by atoms with Gasteiger partial charge in [0.2, 0.25) is 0 Å². The lowest BCUT2D eigenvalue weighted by atomic mass is 10.1. The van der Waals surface area contributed by atoms with Crippen molar-refractivity contribution in [1.29, 1.82) is 0 Å².